The van der Waals surface area contributed by atoms with E-state index in [1.165, 1.54) is 5.56 Å². The Bertz CT molecular complexity index is 680. The zero-order chi connectivity index (χ0) is 18.4. The van der Waals surface area contributed by atoms with Gasteiger partial charge in [0.05, 0.1) is 12.3 Å². The van der Waals surface area contributed by atoms with Gasteiger partial charge in [-0.3, -0.25) is 9.69 Å². The van der Waals surface area contributed by atoms with Crippen molar-refractivity contribution >= 4 is 11.6 Å². The monoisotopic (exact) mass is 343 g/mol. The molecule has 2 N–H and O–H groups in total. The summed E-state index contributed by atoms with van der Waals surface area (Å²) in [5.41, 5.74) is 3.18. The summed E-state index contributed by atoms with van der Waals surface area (Å²) in [6.07, 6.45) is 2.11. The topological polar surface area (TPSA) is 57.5 Å². The Morgan fingerprint density at radius 1 is 1.20 bits per heavy atom. The lowest BCUT2D eigenvalue weighted by Crippen LogP contribution is -2.37. The first-order chi connectivity index (χ1) is 11.9. The summed E-state index contributed by atoms with van der Waals surface area (Å²) >= 11 is 0. The van der Waals surface area contributed by atoms with Crippen LogP contribution in [-0.4, -0.2) is 37.5 Å². The van der Waals surface area contributed by atoms with E-state index in [-0.39, 0.29) is 18.0 Å². The van der Waals surface area contributed by atoms with Crippen molar-refractivity contribution in [3.63, 3.8) is 0 Å². The first-order valence-electron chi connectivity index (χ1n) is 8.67. The lowest BCUT2D eigenvalue weighted by molar-refractivity contribution is -0.116. The van der Waals surface area contributed by atoms with Gasteiger partial charge < -0.3 is 15.1 Å². The fraction of sp³-hybridized carbons (Fsp3) is 0.450. The van der Waals surface area contributed by atoms with E-state index in [1.54, 1.807) is 6.26 Å². The van der Waals surface area contributed by atoms with Gasteiger partial charge in [-0.15, -0.1) is 0 Å². The molecule has 1 aromatic heterocycles. The van der Waals surface area contributed by atoms with E-state index in [0.29, 0.717) is 6.42 Å². The molecule has 0 radical (unpaired) electrons. The summed E-state index contributed by atoms with van der Waals surface area (Å²) in [5.74, 6) is 0.942. The van der Waals surface area contributed by atoms with Crippen LogP contribution in [-0.2, 0) is 4.79 Å². The maximum Gasteiger partial charge on any atom is 0.225 e. The smallest absolute Gasteiger partial charge is 0.225 e. The number of benzene rings is 1. The van der Waals surface area contributed by atoms with Crippen LogP contribution in [0.15, 0.2) is 41.0 Å². The Morgan fingerprint density at radius 2 is 1.96 bits per heavy atom. The predicted octanol–water partition coefficient (Wildman–Crippen LogP) is 3.51. The SMILES string of the molecule is Cc1cccc(NC(=O)CC(C)NCC(c2ccco2)N(C)C)c1C. The number of carbonyl (C=O) groups is 1. The molecule has 0 saturated heterocycles. The molecule has 0 spiro atoms. The van der Waals surface area contributed by atoms with Gasteiger partial charge in [-0.25, -0.2) is 0 Å². The highest BCUT2D eigenvalue weighted by molar-refractivity contribution is 5.92. The second kappa shape index (κ2) is 8.83. The number of nitrogens with one attached hydrogen (secondary N) is 2. The highest BCUT2D eigenvalue weighted by atomic mass is 16.3. The summed E-state index contributed by atoms with van der Waals surface area (Å²) in [6, 6.07) is 10.0. The Hall–Kier alpha value is -2.11. The number of hydrogen-bond acceptors (Lipinski definition) is 4. The minimum Gasteiger partial charge on any atom is -0.468 e. The minimum atomic E-state index is 0.0214. The third-order valence-electron chi connectivity index (χ3n) is 4.52. The molecular weight excluding hydrogens is 314 g/mol. The first kappa shape index (κ1) is 19.2. The van der Waals surface area contributed by atoms with E-state index < -0.39 is 0 Å². The van der Waals surface area contributed by atoms with E-state index in [2.05, 4.69) is 15.5 Å². The van der Waals surface area contributed by atoms with Crippen LogP contribution >= 0.6 is 0 Å². The summed E-state index contributed by atoms with van der Waals surface area (Å²) in [6.45, 7) is 6.82. The van der Waals surface area contributed by atoms with E-state index in [4.69, 9.17) is 4.42 Å². The van der Waals surface area contributed by atoms with Crippen LogP contribution in [0.5, 0.6) is 0 Å². The number of amides is 1. The molecule has 136 valence electrons. The second-order valence-electron chi connectivity index (χ2n) is 6.80. The third kappa shape index (κ3) is 5.44. The van der Waals surface area contributed by atoms with Gasteiger partial charge in [-0.1, -0.05) is 12.1 Å². The average molecular weight is 343 g/mol. The Labute approximate surface area is 150 Å². The summed E-state index contributed by atoms with van der Waals surface area (Å²) in [4.78, 5) is 14.4. The van der Waals surface area contributed by atoms with Gasteiger partial charge in [-0.05, 0) is 64.2 Å². The Morgan fingerprint density at radius 3 is 2.60 bits per heavy atom. The molecular formula is C20H29N3O2. The van der Waals surface area contributed by atoms with Gasteiger partial charge >= 0.3 is 0 Å². The van der Waals surface area contributed by atoms with E-state index in [9.17, 15) is 4.79 Å². The molecule has 2 aromatic rings. The molecule has 0 aliphatic carbocycles. The molecule has 5 heteroatoms. The van der Waals surface area contributed by atoms with Crippen LogP contribution in [0.3, 0.4) is 0 Å². The highest BCUT2D eigenvalue weighted by Gasteiger charge is 2.18. The maximum atomic E-state index is 12.3. The molecule has 1 aromatic carbocycles. The number of anilines is 1. The van der Waals surface area contributed by atoms with Crippen LogP contribution in [0.4, 0.5) is 5.69 Å². The number of furan rings is 1. The second-order valence-corrected chi connectivity index (χ2v) is 6.80. The average Bonchev–Trinajstić information content (AvgIpc) is 3.05. The molecule has 1 amide bonds. The molecule has 25 heavy (non-hydrogen) atoms. The van der Waals surface area contributed by atoms with Crippen molar-refractivity contribution in [3.8, 4) is 0 Å². The van der Waals surface area contributed by atoms with Crippen LogP contribution < -0.4 is 10.6 Å². The van der Waals surface area contributed by atoms with Crippen LogP contribution in [0.1, 0.15) is 36.3 Å². The fourth-order valence-corrected chi connectivity index (χ4v) is 2.77. The molecule has 0 fully saturated rings. The highest BCUT2D eigenvalue weighted by Crippen LogP contribution is 2.19. The van der Waals surface area contributed by atoms with Gasteiger partial charge in [0, 0.05) is 24.7 Å². The van der Waals surface area contributed by atoms with Crippen molar-refractivity contribution in [3.05, 3.63) is 53.5 Å². The number of nitrogens with zero attached hydrogens (tertiary/aromatic N) is 1. The van der Waals surface area contributed by atoms with E-state index in [0.717, 1.165) is 23.6 Å². The molecule has 0 bridgehead atoms. The number of likely N-dealkylation sites (N-methyl/N-ethyl adjacent to an activating group) is 1. The van der Waals surface area contributed by atoms with Crippen molar-refractivity contribution in [1.29, 1.82) is 0 Å². The number of rotatable bonds is 8. The third-order valence-corrected chi connectivity index (χ3v) is 4.52. The molecule has 2 unspecified atom stereocenters. The Kier molecular flexibility index (Phi) is 6.79. The molecule has 5 nitrogen and oxygen atoms in total. The summed E-state index contributed by atoms with van der Waals surface area (Å²) in [7, 11) is 4.04. The largest absolute Gasteiger partial charge is 0.468 e. The van der Waals surface area contributed by atoms with Crippen molar-refractivity contribution in [2.45, 2.75) is 39.3 Å². The zero-order valence-corrected chi connectivity index (χ0v) is 15.8. The summed E-state index contributed by atoms with van der Waals surface area (Å²) < 4.78 is 5.51. The quantitative estimate of drug-likeness (QED) is 0.770. The minimum absolute atomic E-state index is 0.0214. The van der Waals surface area contributed by atoms with Crippen molar-refractivity contribution in [1.82, 2.24) is 10.2 Å². The standard InChI is InChI=1S/C20H29N3O2/c1-14-8-6-9-17(16(14)3)22-20(24)12-15(2)21-13-18(23(4)5)19-10-7-11-25-19/h6-11,15,18,21H,12-13H2,1-5H3,(H,22,24). The lowest BCUT2D eigenvalue weighted by atomic mass is 10.1. The number of hydrogen-bond donors (Lipinski definition) is 2. The van der Waals surface area contributed by atoms with Gasteiger partial charge in [0.15, 0.2) is 0 Å². The molecule has 1 heterocycles. The van der Waals surface area contributed by atoms with E-state index in [1.807, 2.05) is 65.2 Å². The van der Waals surface area contributed by atoms with Gasteiger partial charge in [0.1, 0.15) is 5.76 Å². The summed E-state index contributed by atoms with van der Waals surface area (Å²) in [5, 5.41) is 6.44. The van der Waals surface area contributed by atoms with Crippen LogP contribution in [0.2, 0.25) is 0 Å². The van der Waals surface area contributed by atoms with Gasteiger partial charge in [0.25, 0.3) is 0 Å². The molecule has 0 aliphatic heterocycles. The lowest BCUT2D eigenvalue weighted by Gasteiger charge is -2.24. The maximum absolute atomic E-state index is 12.3. The fourth-order valence-electron chi connectivity index (χ4n) is 2.77. The molecule has 0 saturated carbocycles. The predicted molar refractivity (Wildman–Crippen MR) is 102 cm³/mol. The normalized spacial score (nSPS) is 13.7. The van der Waals surface area contributed by atoms with Crippen molar-refractivity contribution in [2.75, 3.05) is 26.0 Å². The molecule has 0 aliphatic rings. The van der Waals surface area contributed by atoms with Crippen LogP contribution in [0, 0.1) is 13.8 Å². The molecule has 2 atom stereocenters. The van der Waals surface area contributed by atoms with E-state index >= 15 is 0 Å². The Balaban J connectivity index is 1.86. The number of aryl methyl sites for hydroxylation is 1. The number of carbonyl (C=O) groups excluding carboxylic acids is 1. The van der Waals surface area contributed by atoms with Crippen molar-refractivity contribution < 1.29 is 9.21 Å². The van der Waals surface area contributed by atoms with Crippen LogP contribution in [0.25, 0.3) is 0 Å². The molecule has 2 rings (SSSR count). The van der Waals surface area contributed by atoms with Gasteiger partial charge in [-0.2, -0.15) is 0 Å². The zero-order valence-electron chi connectivity index (χ0n) is 15.8. The first-order valence-corrected chi connectivity index (χ1v) is 8.67. The van der Waals surface area contributed by atoms with Crippen molar-refractivity contribution in [2.24, 2.45) is 0 Å². The van der Waals surface area contributed by atoms with Gasteiger partial charge in [0.2, 0.25) is 5.91 Å².